The van der Waals surface area contributed by atoms with Crippen LogP contribution in [0.5, 0.6) is 5.88 Å². The molecule has 0 saturated carbocycles. The van der Waals surface area contributed by atoms with Crippen molar-refractivity contribution >= 4 is 5.95 Å². The predicted octanol–water partition coefficient (Wildman–Crippen LogP) is 1.48. The first-order chi connectivity index (χ1) is 11.4. The second-order valence-corrected chi connectivity index (χ2v) is 7.16. The van der Waals surface area contributed by atoms with Crippen molar-refractivity contribution in [3.05, 3.63) is 40.4 Å². The third-order valence-corrected chi connectivity index (χ3v) is 4.13. The van der Waals surface area contributed by atoms with Gasteiger partial charge in [0.1, 0.15) is 0 Å². The molecule has 0 spiro atoms. The number of ether oxygens (including phenoxy) is 1. The number of nitrogens with zero attached hydrogens (tertiary/aromatic N) is 5. The highest BCUT2D eigenvalue weighted by Crippen LogP contribution is 2.23. The molecule has 0 aromatic carbocycles. The van der Waals surface area contributed by atoms with Gasteiger partial charge in [0.2, 0.25) is 11.8 Å². The van der Waals surface area contributed by atoms with Crippen LogP contribution in [0.3, 0.4) is 0 Å². The Morgan fingerprint density at radius 3 is 2.67 bits per heavy atom. The summed E-state index contributed by atoms with van der Waals surface area (Å²) in [6.45, 7) is 8.51. The van der Waals surface area contributed by atoms with E-state index in [0.29, 0.717) is 24.3 Å². The summed E-state index contributed by atoms with van der Waals surface area (Å²) in [5.74, 6) is 1.58. The highest BCUT2D eigenvalue weighted by atomic mass is 16.5. The molecule has 0 atom stereocenters. The maximum Gasteiger partial charge on any atom is 0.266 e. The lowest BCUT2D eigenvalue weighted by molar-refractivity contribution is 0.324. The summed E-state index contributed by atoms with van der Waals surface area (Å²) < 4.78 is 6.70. The molecule has 0 bridgehead atoms. The summed E-state index contributed by atoms with van der Waals surface area (Å²) >= 11 is 0. The zero-order valence-electron chi connectivity index (χ0n) is 14.6. The summed E-state index contributed by atoms with van der Waals surface area (Å²) in [5, 5.41) is 4.52. The quantitative estimate of drug-likeness (QED) is 0.846. The van der Waals surface area contributed by atoms with Gasteiger partial charge in [-0.05, 0) is 6.07 Å². The molecule has 0 amide bonds. The van der Waals surface area contributed by atoms with Crippen molar-refractivity contribution in [3.63, 3.8) is 0 Å². The van der Waals surface area contributed by atoms with E-state index in [2.05, 4.69) is 40.7 Å². The third-order valence-electron chi connectivity index (χ3n) is 4.13. The highest BCUT2D eigenvalue weighted by Gasteiger charge is 2.30. The van der Waals surface area contributed by atoms with Crippen LogP contribution in [0.25, 0.3) is 0 Å². The average Bonchev–Trinajstić information content (AvgIpc) is 2.51. The van der Waals surface area contributed by atoms with Crippen molar-refractivity contribution in [2.75, 3.05) is 25.1 Å². The second-order valence-electron chi connectivity index (χ2n) is 7.16. The SMILES string of the molecule is COc1ccnc(N2CC(Cn3nc(C(C)(C)C)ccc3=O)C2)n1. The van der Waals surface area contributed by atoms with Crippen molar-refractivity contribution < 1.29 is 4.74 Å². The number of hydrogen-bond acceptors (Lipinski definition) is 6. The van der Waals surface area contributed by atoms with Gasteiger partial charge in [-0.1, -0.05) is 20.8 Å². The van der Waals surface area contributed by atoms with Crippen molar-refractivity contribution in [3.8, 4) is 5.88 Å². The Morgan fingerprint density at radius 1 is 1.25 bits per heavy atom. The summed E-state index contributed by atoms with van der Waals surface area (Å²) in [6.07, 6.45) is 1.69. The van der Waals surface area contributed by atoms with Gasteiger partial charge in [-0.15, -0.1) is 0 Å². The summed E-state index contributed by atoms with van der Waals surface area (Å²) in [6, 6.07) is 5.15. The molecule has 0 aliphatic carbocycles. The molecular weight excluding hydrogens is 306 g/mol. The number of aromatic nitrogens is 4. The van der Waals surface area contributed by atoms with Crippen molar-refractivity contribution in [2.45, 2.75) is 32.7 Å². The smallest absolute Gasteiger partial charge is 0.266 e. The fraction of sp³-hybridized carbons (Fsp3) is 0.529. The minimum absolute atomic E-state index is 0.0564. The molecule has 2 aromatic rings. The monoisotopic (exact) mass is 329 g/mol. The van der Waals surface area contributed by atoms with Crippen LogP contribution in [0.15, 0.2) is 29.2 Å². The molecule has 0 unspecified atom stereocenters. The van der Waals surface area contributed by atoms with E-state index in [1.54, 1.807) is 30.1 Å². The molecule has 1 aliphatic heterocycles. The van der Waals surface area contributed by atoms with E-state index in [4.69, 9.17) is 4.74 Å². The van der Waals surface area contributed by atoms with Gasteiger partial charge in [0, 0.05) is 42.8 Å². The van der Waals surface area contributed by atoms with Gasteiger partial charge < -0.3 is 9.64 Å². The first kappa shape index (κ1) is 16.4. The van der Waals surface area contributed by atoms with Crippen LogP contribution < -0.4 is 15.2 Å². The topological polar surface area (TPSA) is 73.1 Å². The van der Waals surface area contributed by atoms with Gasteiger partial charge in [0.05, 0.1) is 19.3 Å². The molecule has 0 N–H and O–H groups in total. The van der Waals surface area contributed by atoms with Crippen molar-refractivity contribution in [2.24, 2.45) is 5.92 Å². The normalized spacial score (nSPS) is 15.2. The van der Waals surface area contributed by atoms with E-state index in [0.717, 1.165) is 18.8 Å². The first-order valence-corrected chi connectivity index (χ1v) is 8.07. The molecule has 3 heterocycles. The second kappa shape index (κ2) is 6.22. The Kier molecular flexibility index (Phi) is 4.26. The van der Waals surface area contributed by atoms with Crippen LogP contribution in [-0.4, -0.2) is 39.9 Å². The Balaban J connectivity index is 1.66. The third kappa shape index (κ3) is 3.39. The predicted molar refractivity (Wildman–Crippen MR) is 91.5 cm³/mol. The van der Waals surface area contributed by atoms with E-state index in [9.17, 15) is 4.79 Å². The molecule has 7 nitrogen and oxygen atoms in total. The lowest BCUT2D eigenvalue weighted by Gasteiger charge is -2.39. The first-order valence-electron chi connectivity index (χ1n) is 8.07. The number of rotatable bonds is 4. The number of methoxy groups -OCH3 is 1. The Hall–Kier alpha value is -2.44. The van der Waals surface area contributed by atoms with Gasteiger partial charge in [-0.3, -0.25) is 4.79 Å². The molecular formula is C17H23N5O2. The molecule has 2 aromatic heterocycles. The van der Waals surface area contributed by atoms with Gasteiger partial charge in [-0.2, -0.15) is 10.1 Å². The molecule has 1 saturated heterocycles. The van der Waals surface area contributed by atoms with Crippen molar-refractivity contribution in [1.29, 1.82) is 0 Å². The fourth-order valence-corrected chi connectivity index (χ4v) is 2.67. The Morgan fingerprint density at radius 2 is 2.00 bits per heavy atom. The van der Waals surface area contributed by atoms with Crippen LogP contribution in [-0.2, 0) is 12.0 Å². The fourth-order valence-electron chi connectivity index (χ4n) is 2.67. The van der Waals surface area contributed by atoms with Gasteiger partial charge >= 0.3 is 0 Å². The molecule has 128 valence electrons. The molecule has 1 aliphatic rings. The summed E-state index contributed by atoms with van der Waals surface area (Å²) in [4.78, 5) is 22.7. The van der Waals surface area contributed by atoms with E-state index < -0.39 is 0 Å². The molecule has 0 radical (unpaired) electrons. The minimum atomic E-state index is -0.0739. The number of hydrogen-bond donors (Lipinski definition) is 0. The van der Waals surface area contributed by atoms with E-state index in [1.165, 1.54) is 0 Å². The molecule has 1 fully saturated rings. The lowest BCUT2D eigenvalue weighted by Crippen LogP contribution is -2.50. The average molecular weight is 329 g/mol. The zero-order chi connectivity index (χ0) is 17.3. The summed E-state index contributed by atoms with van der Waals surface area (Å²) in [5.41, 5.74) is 0.795. The minimum Gasteiger partial charge on any atom is -0.481 e. The zero-order valence-corrected chi connectivity index (χ0v) is 14.6. The van der Waals surface area contributed by atoms with Gasteiger partial charge in [0.15, 0.2) is 0 Å². The van der Waals surface area contributed by atoms with Crippen LogP contribution in [0.1, 0.15) is 26.5 Å². The Bertz CT molecular complexity index is 775. The van der Waals surface area contributed by atoms with Gasteiger partial charge in [0.25, 0.3) is 5.56 Å². The van der Waals surface area contributed by atoms with Crippen LogP contribution in [0.4, 0.5) is 5.95 Å². The largest absolute Gasteiger partial charge is 0.481 e. The van der Waals surface area contributed by atoms with Crippen LogP contribution in [0.2, 0.25) is 0 Å². The summed E-state index contributed by atoms with van der Waals surface area (Å²) in [7, 11) is 1.59. The van der Waals surface area contributed by atoms with E-state index >= 15 is 0 Å². The van der Waals surface area contributed by atoms with E-state index in [-0.39, 0.29) is 11.0 Å². The van der Waals surface area contributed by atoms with Gasteiger partial charge in [-0.25, -0.2) is 9.67 Å². The molecule has 3 rings (SSSR count). The maximum absolute atomic E-state index is 12.1. The Labute approximate surface area is 141 Å². The van der Waals surface area contributed by atoms with Crippen molar-refractivity contribution in [1.82, 2.24) is 19.7 Å². The lowest BCUT2D eigenvalue weighted by atomic mass is 9.92. The van der Waals surface area contributed by atoms with Crippen LogP contribution in [0, 0.1) is 5.92 Å². The standard InChI is InChI=1S/C17H23N5O2/c1-17(2,3)13-5-6-15(23)22(20-13)11-12-9-21(10-12)16-18-8-7-14(19-16)24-4/h5-8,12H,9-11H2,1-4H3. The molecule has 24 heavy (non-hydrogen) atoms. The highest BCUT2D eigenvalue weighted by molar-refractivity contribution is 5.35. The van der Waals surface area contributed by atoms with Crippen LogP contribution >= 0.6 is 0 Å². The molecule has 7 heteroatoms. The number of anilines is 1. The maximum atomic E-state index is 12.1. The van der Waals surface area contributed by atoms with E-state index in [1.807, 2.05) is 6.07 Å².